The van der Waals surface area contributed by atoms with Crippen molar-refractivity contribution in [2.75, 3.05) is 0 Å². The summed E-state index contributed by atoms with van der Waals surface area (Å²) in [6, 6.07) is 1.14. The summed E-state index contributed by atoms with van der Waals surface area (Å²) < 4.78 is 99.1. The molecule has 0 saturated heterocycles. The van der Waals surface area contributed by atoms with Crippen LogP contribution in [-0.4, -0.2) is 5.11 Å². The Labute approximate surface area is 143 Å². The number of aliphatic hydroxyl groups is 1. The molecule has 0 radical (unpaired) electrons. The molecule has 9 heteroatoms. The lowest BCUT2D eigenvalue weighted by Gasteiger charge is -2.20. The number of aliphatic hydroxyl groups excluding tert-OH is 1. The number of rotatable bonds is 6. The first-order valence-electron chi connectivity index (χ1n) is 7.06. The van der Waals surface area contributed by atoms with Crippen molar-refractivity contribution in [1.82, 2.24) is 0 Å². The van der Waals surface area contributed by atoms with E-state index in [-0.39, 0.29) is 24.1 Å². The first-order chi connectivity index (χ1) is 12.1. The first-order valence-corrected chi connectivity index (χ1v) is 7.06. The Balaban J connectivity index is 2.41. The molecule has 0 bridgehead atoms. The molecule has 2 rings (SSSR count). The second-order valence-electron chi connectivity index (χ2n) is 5.22. The van der Waals surface area contributed by atoms with Gasteiger partial charge in [0.25, 0.3) is 0 Å². The molecule has 1 atom stereocenters. The van der Waals surface area contributed by atoms with E-state index in [0.717, 1.165) is 0 Å². The van der Waals surface area contributed by atoms with Gasteiger partial charge in [0.2, 0.25) is 0 Å². The smallest absolute Gasteiger partial charge is 0.429 e. The molecule has 1 unspecified atom stereocenters. The van der Waals surface area contributed by atoms with Gasteiger partial charge in [0.05, 0.1) is 6.10 Å². The predicted octanol–water partition coefficient (Wildman–Crippen LogP) is 5.12. The third kappa shape index (κ3) is 3.98. The van der Waals surface area contributed by atoms with E-state index in [1.165, 1.54) is 6.08 Å². The number of benzene rings is 2. The molecule has 0 heterocycles. The van der Waals surface area contributed by atoms with Crippen LogP contribution >= 0.6 is 0 Å². The average Bonchev–Trinajstić information content (AvgIpc) is 2.51. The molecule has 1 N–H and O–H groups in total. The minimum atomic E-state index is -4.67. The molecular formula is C17H11F7O2. The third-order valence-corrected chi connectivity index (χ3v) is 3.33. The van der Waals surface area contributed by atoms with Crippen LogP contribution in [0.4, 0.5) is 30.7 Å². The summed E-state index contributed by atoms with van der Waals surface area (Å²) in [6.45, 7) is 3.32. The van der Waals surface area contributed by atoms with Crippen LogP contribution < -0.4 is 4.74 Å². The minimum Gasteiger partial charge on any atom is -0.429 e. The summed E-state index contributed by atoms with van der Waals surface area (Å²) in [5.41, 5.74) is -2.16. The van der Waals surface area contributed by atoms with Crippen LogP contribution in [0.1, 0.15) is 23.7 Å². The van der Waals surface area contributed by atoms with E-state index in [9.17, 15) is 35.8 Å². The van der Waals surface area contributed by atoms with Gasteiger partial charge in [-0.15, -0.1) is 6.58 Å². The number of halogens is 7. The molecule has 2 nitrogen and oxygen atoms in total. The maximum absolute atomic E-state index is 14.1. The van der Waals surface area contributed by atoms with E-state index in [0.29, 0.717) is 12.1 Å². The van der Waals surface area contributed by atoms with Crippen LogP contribution in [0.3, 0.4) is 0 Å². The first kappa shape index (κ1) is 19.8. The van der Waals surface area contributed by atoms with E-state index in [1.54, 1.807) is 0 Å². The van der Waals surface area contributed by atoms with E-state index < -0.39 is 52.6 Å². The SMILES string of the molecule is C=CCC(O)c1cc(F)c(C(F)(F)Oc2cc(F)c(F)c(F)c2)c(F)c1. The fourth-order valence-corrected chi connectivity index (χ4v) is 2.15. The molecule has 140 valence electrons. The van der Waals surface area contributed by atoms with Crippen molar-refractivity contribution in [1.29, 1.82) is 0 Å². The standard InChI is InChI=1S/C17H11F7O2/c1-2-3-14(25)8-4-10(18)15(11(19)5-8)17(23,24)26-9-6-12(20)16(22)13(21)7-9/h2,4-7,14,25H,1,3H2. The fourth-order valence-electron chi connectivity index (χ4n) is 2.15. The Bertz CT molecular complexity index is 790. The Morgan fingerprint density at radius 1 is 0.962 bits per heavy atom. The zero-order valence-corrected chi connectivity index (χ0v) is 12.9. The lowest BCUT2D eigenvalue weighted by molar-refractivity contribution is -0.189. The number of hydrogen-bond acceptors (Lipinski definition) is 2. The van der Waals surface area contributed by atoms with Gasteiger partial charge in [0.1, 0.15) is 22.9 Å². The molecule has 2 aromatic rings. The molecule has 0 aliphatic rings. The molecule has 26 heavy (non-hydrogen) atoms. The van der Waals surface area contributed by atoms with Crippen LogP contribution in [0.2, 0.25) is 0 Å². The number of hydrogen-bond donors (Lipinski definition) is 1. The average molecular weight is 380 g/mol. The maximum Gasteiger partial charge on any atom is 0.432 e. The minimum absolute atomic E-state index is 0.0841. The van der Waals surface area contributed by atoms with Crippen molar-refractivity contribution in [3.8, 4) is 5.75 Å². The van der Waals surface area contributed by atoms with E-state index in [2.05, 4.69) is 11.3 Å². The molecular weight excluding hydrogens is 369 g/mol. The van der Waals surface area contributed by atoms with Crippen LogP contribution in [0.25, 0.3) is 0 Å². The monoisotopic (exact) mass is 380 g/mol. The van der Waals surface area contributed by atoms with Gasteiger partial charge in [-0.1, -0.05) is 6.08 Å². The van der Waals surface area contributed by atoms with Gasteiger partial charge in [0.15, 0.2) is 17.5 Å². The molecule has 0 saturated carbocycles. The highest BCUT2D eigenvalue weighted by molar-refractivity contribution is 5.32. The highest BCUT2D eigenvalue weighted by atomic mass is 19.3. The van der Waals surface area contributed by atoms with Crippen LogP contribution in [0.5, 0.6) is 5.75 Å². The van der Waals surface area contributed by atoms with Gasteiger partial charge < -0.3 is 9.84 Å². The quantitative estimate of drug-likeness (QED) is 0.428. The van der Waals surface area contributed by atoms with Crippen molar-refractivity contribution < 1.29 is 40.6 Å². The Kier molecular flexibility index (Phi) is 5.60. The third-order valence-electron chi connectivity index (χ3n) is 3.33. The number of alkyl halides is 2. The lowest BCUT2D eigenvalue weighted by Crippen LogP contribution is -2.25. The summed E-state index contributed by atoms with van der Waals surface area (Å²) in [5, 5.41) is 9.64. The van der Waals surface area contributed by atoms with Crippen molar-refractivity contribution in [2.45, 2.75) is 18.6 Å². The molecule has 0 aliphatic carbocycles. The largest absolute Gasteiger partial charge is 0.432 e. The summed E-state index contributed by atoms with van der Waals surface area (Å²) in [5.74, 6) is -10.2. The fraction of sp³-hybridized carbons (Fsp3) is 0.176. The predicted molar refractivity (Wildman–Crippen MR) is 77.0 cm³/mol. The maximum atomic E-state index is 14.1. The van der Waals surface area contributed by atoms with Gasteiger partial charge in [-0.25, -0.2) is 22.0 Å². The molecule has 0 amide bonds. The van der Waals surface area contributed by atoms with Crippen LogP contribution in [-0.2, 0) is 6.11 Å². The zero-order chi connectivity index (χ0) is 19.6. The Morgan fingerprint density at radius 3 is 1.92 bits per heavy atom. The second kappa shape index (κ2) is 7.36. The molecule has 0 aliphatic heterocycles. The lowest BCUT2D eigenvalue weighted by atomic mass is 10.0. The summed E-state index contributed by atoms with van der Waals surface area (Å²) in [4.78, 5) is 0. The van der Waals surface area contributed by atoms with E-state index in [4.69, 9.17) is 0 Å². The molecule has 0 fully saturated rings. The Hall–Kier alpha value is -2.55. The molecule has 0 spiro atoms. The van der Waals surface area contributed by atoms with Crippen LogP contribution in [0, 0.1) is 29.1 Å². The molecule has 2 aromatic carbocycles. The van der Waals surface area contributed by atoms with E-state index in [1.807, 2.05) is 0 Å². The van der Waals surface area contributed by atoms with E-state index >= 15 is 0 Å². The van der Waals surface area contributed by atoms with Gasteiger partial charge in [-0.2, -0.15) is 8.78 Å². The summed E-state index contributed by atoms with van der Waals surface area (Å²) in [6.07, 6.45) is -4.88. The van der Waals surface area contributed by atoms with Gasteiger partial charge in [-0.3, -0.25) is 0 Å². The van der Waals surface area contributed by atoms with Crippen molar-refractivity contribution in [3.05, 3.63) is 77.1 Å². The van der Waals surface area contributed by atoms with Crippen LogP contribution in [0.15, 0.2) is 36.9 Å². The van der Waals surface area contributed by atoms with Gasteiger partial charge in [-0.05, 0) is 24.1 Å². The number of ether oxygens (including phenoxy) is 1. The van der Waals surface area contributed by atoms with Crippen molar-refractivity contribution in [2.24, 2.45) is 0 Å². The highest BCUT2D eigenvalue weighted by Crippen LogP contribution is 2.37. The zero-order valence-electron chi connectivity index (χ0n) is 12.9. The summed E-state index contributed by atoms with van der Waals surface area (Å²) in [7, 11) is 0. The highest BCUT2D eigenvalue weighted by Gasteiger charge is 2.41. The summed E-state index contributed by atoms with van der Waals surface area (Å²) >= 11 is 0. The van der Waals surface area contributed by atoms with Crippen molar-refractivity contribution in [3.63, 3.8) is 0 Å². The Morgan fingerprint density at radius 2 is 1.46 bits per heavy atom. The normalized spacial score (nSPS) is 12.8. The molecule has 0 aromatic heterocycles. The van der Waals surface area contributed by atoms with Gasteiger partial charge >= 0.3 is 6.11 Å². The topological polar surface area (TPSA) is 29.5 Å². The van der Waals surface area contributed by atoms with Gasteiger partial charge in [0, 0.05) is 12.1 Å². The second-order valence-corrected chi connectivity index (χ2v) is 5.22. The van der Waals surface area contributed by atoms with Crippen molar-refractivity contribution >= 4 is 0 Å².